The van der Waals surface area contributed by atoms with E-state index in [0.29, 0.717) is 10.6 Å². The zero-order chi connectivity index (χ0) is 24.5. The molecule has 0 aliphatic carbocycles. The van der Waals surface area contributed by atoms with E-state index in [2.05, 4.69) is 17.0 Å². The first kappa shape index (κ1) is 23.7. The molecule has 174 valence electrons. The van der Waals surface area contributed by atoms with Crippen molar-refractivity contribution in [2.24, 2.45) is 4.99 Å². The van der Waals surface area contributed by atoms with Gasteiger partial charge in [-0.1, -0.05) is 23.3 Å². The summed E-state index contributed by atoms with van der Waals surface area (Å²) in [7, 11) is -2.28. The van der Waals surface area contributed by atoms with Crippen LogP contribution in [0, 0.1) is 26.2 Å². The fraction of sp³-hybridized carbons (Fsp3) is 0.200. The number of carbonyl (C=O) groups is 1. The van der Waals surface area contributed by atoms with Crippen LogP contribution in [0.25, 0.3) is 10.2 Å². The molecule has 2 aromatic carbocycles. The third kappa shape index (κ3) is 4.61. The number of thiazole rings is 1. The lowest BCUT2D eigenvalue weighted by atomic mass is 10.1. The zero-order valence-corrected chi connectivity index (χ0v) is 20.6. The van der Waals surface area contributed by atoms with Gasteiger partial charge in [0.1, 0.15) is 5.76 Å². The maximum atomic E-state index is 12.9. The van der Waals surface area contributed by atoms with E-state index in [1.165, 1.54) is 53.2 Å². The zero-order valence-electron chi connectivity index (χ0n) is 19.0. The number of terminal acetylenes is 1. The molecule has 4 aromatic rings. The summed E-state index contributed by atoms with van der Waals surface area (Å²) in [5.74, 6) is 2.69. The number of nitrogens with zero attached hydrogens (tertiary/aromatic N) is 3. The normalized spacial score (nSPS) is 12.4. The minimum atomic E-state index is -3.75. The molecule has 0 saturated heterocycles. The molecule has 0 N–H and O–H groups in total. The molecule has 34 heavy (non-hydrogen) atoms. The highest BCUT2D eigenvalue weighted by atomic mass is 32.2. The molecule has 2 aromatic heterocycles. The highest BCUT2D eigenvalue weighted by Crippen LogP contribution is 2.24. The van der Waals surface area contributed by atoms with E-state index in [-0.39, 0.29) is 23.5 Å². The summed E-state index contributed by atoms with van der Waals surface area (Å²) < 4.78 is 35.0. The lowest BCUT2D eigenvalue weighted by Gasteiger charge is -2.16. The molecule has 0 aliphatic rings. The lowest BCUT2D eigenvalue weighted by molar-refractivity contribution is 0.0998. The Bertz CT molecular complexity index is 1570. The Morgan fingerprint density at radius 2 is 1.94 bits per heavy atom. The van der Waals surface area contributed by atoms with Crippen molar-refractivity contribution in [2.75, 3.05) is 7.05 Å². The Balaban J connectivity index is 1.65. The number of fused-ring (bicyclic) bond motifs is 1. The molecular formula is C25H23N3O4S2. The molecule has 0 bridgehead atoms. The third-order valence-electron chi connectivity index (χ3n) is 5.33. The fourth-order valence-corrected chi connectivity index (χ4v) is 5.86. The van der Waals surface area contributed by atoms with Gasteiger partial charge >= 0.3 is 0 Å². The van der Waals surface area contributed by atoms with E-state index in [4.69, 9.17) is 10.8 Å². The molecule has 0 radical (unpaired) electrons. The average Bonchev–Trinajstić information content (AvgIpc) is 3.43. The second-order valence-corrected chi connectivity index (χ2v) is 10.9. The maximum Gasteiger partial charge on any atom is 0.279 e. The van der Waals surface area contributed by atoms with Crippen molar-refractivity contribution >= 4 is 37.5 Å². The Morgan fingerprint density at radius 3 is 2.59 bits per heavy atom. The van der Waals surface area contributed by atoms with Crippen LogP contribution in [-0.2, 0) is 23.1 Å². The summed E-state index contributed by atoms with van der Waals surface area (Å²) in [5, 5.41) is 0. The van der Waals surface area contributed by atoms with E-state index < -0.39 is 15.9 Å². The van der Waals surface area contributed by atoms with Crippen molar-refractivity contribution in [3.05, 3.63) is 82.0 Å². The Labute approximate surface area is 202 Å². The van der Waals surface area contributed by atoms with Gasteiger partial charge in [-0.3, -0.25) is 4.79 Å². The third-order valence-corrected chi connectivity index (χ3v) is 8.38. The molecule has 0 fully saturated rings. The van der Waals surface area contributed by atoms with Gasteiger partial charge in [0, 0.05) is 12.6 Å². The molecule has 2 heterocycles. The van der Waals surface area contributed by atoms with Crippen molar-refractivity contribution in [1.29, 1.82) is 0 Å². The Morgan fingerprint density at radius 1 is 1.21 bits per heavy atom. The first-order chi connectivity index (χ1) is 16.2. The number of carbonyl (C=O) groups excluding carboxylic acids is 1. The molecule has 4 rings (SSSR count). The molecule has 9 heteroatoms. The first-order valence-electron chi connectivity index (χ1n) is 10.4. The van der Waals surface area contributed by atoms with Crippen LogP contribution < -0.4 is 4.80 Å². The molecule has 1 amide bonds. The van der Waals surface area contributed by atoms with Gasteiger partial charge in [0.25, 0.3) is 5.91 Å². The van der Waals surface area contributed by atoms with Gasteiger partial charge in [-0.05, 0) is 67.4 Å². The summed E-state index contributed by atoms with van der Waals surface area (Å²) in [6.45, 7) is 4.41. The number of rotatable bonds is 6. The second-order valence-electron chi connectivity index (χ2n) is 7.89. The van der Waals surface area contributed by atoms with Crippen LogP contribution in [-0.4, -0.2) is 30.2 Å². The quantitative estimate of drug-likeness (QED) is 0.379. The van der Waals surface area contributed by atoms with Crippen molar-refractivity contribution in [1.82, 2.24) is 8.87 Å². The van der Waals surface area contributed by atoms with Gasteiger partial charge < -0.3 is 8.98 Å². The summed E-state index contributed by atoms with van der Waals surface area (Å²) in [4.78, 5) is 17.8. The predicted octanol–water partition coefficient (Wildman–Crippen LogP) is 4.11. The van der Waals surface area contributed by atoms with E-state index in [1.807, 2.05) is 24.5 Å². The van der Waals surface area contributed by atoms with Gasteiger partial charge in [0.2, 0.25) is 10.0 Å². The summed E-state index contributed by atoms with van der Waals surface area (Å²) in [6.07, 6.45) is 7.05. The van der Waals surface area contributed by atoms with Crippen molar-refractivity contribution in [2.45, 2.75) is 31.8 Å². The van der Waals surface area contributed by atoms with Crippen LogP contribution in [0.5, 0.6) is 0 Å². The summed E-state index contributed by atoms with van der Waals surface area (Å²) in [5.41, 5.74) is 3.41. The van der Waals surface area contributed by atoms with Gasteiger partial charge in [0.05, 0.1) is 34.5 Å². The number of benzene rings is 2. The average molecular weight is 494 g/mol. The molecule has 7 nitrogen and oxygen atoms in total. The summed E-state index contributed by atoms with van der Waals surface area (Å²) >= 11 is 1.40. The molecule has 0 spiro atoms. The monoisotopic (exact) mass is 493 g/mol. The van der Waals surface area contributed by atoms with Gasteiger partial charge in [0.15, 0.2) is 4.80 Å². The van der Waals surface area contributed by atoms with Crippen LogP contribution in [0.15, 0.2) is 69.1 Å². The van der Waals surface area contributed by atoms with Crippen LogP contribution in [0.3, 0.4) is 0 Å². The number of hydrogen-bond acceptors (Lipinski definition) is 5. The van der Waals surface area contributed by atoms with Gasteiger partial charge in [-0.25, -0.2) is 8.42 Å². The van der Waals surface area contributed by atoms with Crippen molar-refractivity contribution in [3.8, 4) is 12.3 Å². The SMILES string of the molecule is C#CCn1c(=NC(=O)c2ccc(S(=O)(=O)N(C)Cc3ccco3)cc2)sc2c(C)cc(C)cc21. The highest BCUT2D eigenvalue weighted by molar-refractivity contribution is 7.89. The van der Waals surface area contributed by atoms with Crippen LogP contribution in [0.2, 0.25) is 0 Å². The maximum absolute atomic E-state index is 12.9. The molecule has 0 aliphatic heterocycles. The number of amides is 1. The topological polar surface area (TPSA) is 84.9 Å². The van der Waals surface area contributed by atoms with E-state index in [0.717, 1.165) is 21.3 Å². The number of furan rings is 1. The standard InChI is InChI=1S/C25H23N3O4S2/c1-5-12-28-22-15-17(2)14-18(3)23(22)33-25(28)26-24(29)19-8-10-21(11-9-19)34(30,31)27(4)16-20-7-6-13-32-20/h1,6-11,13-15H,12,16H2,2-4H3. The van der Waals surface area contributed by atoms with Crippen LogP contribution in [0.4, 0.5) is 0 Å². The Kier molecular flexibility index (Phi) is 6.57. The second kappa shape index (κ2) is 9.43. The molecule has 0 atom stereocenters. The smallest absolute Gasteiger partial charge is 0.279 e. The van der Waals surface area contributed by atoms with Crippen molar-refractivity contribution < 1.29 is 17.6 Å². The van der Waals surface area contributed by atoms with Gasteiger partial charge in [-0.2, -0.15) is 9.30 Å². The lowest BCUT2D eigenvalue weighted by Crippen LogP contribution is -2.26. The van der Waals surface area contributed by atoms with Crippen LogP contribution >= 0.6 is 11.3 Å². The largest absolute Gasteiger partial charge is 0.468 e. The minimum Gasteiger partial charge on any atom is -0.468 e. The van der Waals surface area contributed by atoms with Crippen LogP contribution in [0.1, 0.15) is 27.2 Å². The highest BCUT2D eigenvalue weighted by Gasteiger charge is 2.22. The molecule has 0 unspecified atom stereocenters. The first-order valence-corrected chi connectivity index (χ1v) is 12.7. The number of sulfonamides is 1. The number of hydrogen-bond donors (Lipinski definition) is 0. The van der Waals surface area contributed by atoms with E-state index in [9.17, 15) is 13.2 Å². The number of aryl methyl sites for hydroxylation is 2. The number of aromatic nitrogens is 1. The van der Waals surface area contributed by atoms with Crippen molar-refractivity contribution in [3.63, 3.8) is 0 Å². The summed E-state index contributed by atoms with van der Waals surface area (Å²) in [6, 6.07) is 13.3. The van der Waals surface area contributed by atoms with E-state index in [1.54, 1.807) is 12.1 Å². The molecule has 0 saturated carbocycles. The Hall–Kier alpha value is -3.45. The van der Waals surface area contributed by atoms with Gasteiger partial charge in [-0.15, -0.1) is 6.42 Å². The predicted molar refractivity (Wildman–Crippen MR) is 132 cm³/mol. The van der Waals surface area contributed by atoms with E-state index >= 15 is 0 Å². The fourth-order valence-electron chi connectivity index (χ4n) is 3.65. The minimum absolute atomic E-state index is 0.0773. The molecular weight excluding hydrogens is 470 g/mol.